The molecule has 1 amide bonds. The Bertz CT molecular complexity index is 468. The van der Waals surface area contributed by atoms with Crippen molar-refractivity contribution in [1.29, 1.82) is 0 Å². The summed E-state index contributed by atoms with van der Waals surface area (Å²) in [5.74, 6) is 0.998. The second-order valence-electron chi connectivity index (χ2n) is 6.36. The minimum atomic E-state index is -0.804. The SMILES string of the molecule is COCCN(CCO)C(=O)C(C)(C)c1coc(CC(C)C)n1. The van der Waals surface area contributed by atoms with Crippen LogP contribution in [0.5, 0.6) is 0 Å². The van der Waals surface area contributed by atoms with Crippen LogP contribution in [0, 0.1) is 5.92 Å². The summed E-state index contributed by atoms with van der Waals surface area (Å²) in [6.07, 6.45) is 2.30. The number of aromatic nitrogens is 1. The van der Waals surface area contributed by atoms with Gasteiger partial charge in [-0.15, -0.1) is 0 Å². The molecule has 0 aliphatic rings. The molecular formula is C16H28N2O4. The third-order valence-electron chi connectivity index (χ3n) is 3.53. The zero-order valence-electron chi connectivity index (χ0n) is 14.3. The van der Waals surface area contributed by atoms with Gasteiger partial charge in [-0.25, -0.2) is 4.98 Å². The van der Waals surface area contributed by atoms with Crippen LogP contribution in [-0.4, -0.2) is 54.3 Å². The van der Waals surface area contributed by atoms with Gasteiger partial charge >= 0.3 is 0 Å². The highest BCUT2D eigenvalue weighted by Gasteiger charge is 2.36. The van der Waals surface area contributed by atoms with Crippen LogP contribution in [-0.2, 0) is 21.4 Å². The topological polar surface area (TPSA) is 75.8 Å². The lowest BCUT2D eigenvalue weighted by atomic mass is 9.88. The summed E-state index contributed by atoms with van der Waals surface area (Å²) < 4.78 is 10.5. The lowest BCUT2D eigenvalue weighted by Crippen LogP contribution is -2.46. The zero-order chi connectivity index (χ0) is 16.8. The van der Waals surface area contributed by atoms with E-state index in [0.717, 1.165) is 6.42 Å². The van der Waals surface area contributed by atoms with Crippen LogP contribution in [0.25, 0.3) is 0 Å². The first kappa shape index (κ1) is 18.6. The fourth-order valence-electron chi connectivity index (χ4n) is 2.18. The summed E-state index contributed by atoms with van der Waals surface area (Å²) in [5, 5.41) is 9.16. The van der Waals surface area contributed by atoms with E-state index >= 15 is 0 Å². The fraction of sp³-hybridized carbons (Fsp3) is 0.750. The number of ether oxygens (including phenoxy) is 1. The van der Waals surface area contributed by atoms with E-state index in [4.69, 9.17) is 14.3 Å². The van der Waals surface area contributed by atoms with Gasteiger partial charge in [0.1, 0.15) is 6.26 Å². The number of amides is 1. The van der Waals surface area contributed by atoms with Gasteiger partial charge in [0.25, 0.3) is 0 Å². The average molecular weight is 312 g/mol. The Morgan fingerprint density at radius 3 is 2.68 bits per heavy atom. The molecule has 22 heavy (non-hydrogen) atoms. The molecule has 0 radical (unpaired) electrons. The number of rotatable bonds is 9. The van der Waals surface area contributed by atoms with Gasteiger partial charge in [-0.1, -0.05) is 13.8 Å². The molecular weight excluding hydrogens is 284 g/mol. The van der Waals surface area contributed by atoms with Crippen molar-refractivity contribution in [2.24, 2.45) is 5.92 Å². The van der Waals surface area contributed by atoms with Crippen molar-refractivity contribution >= 4 is 5.91 Å². The molecule has 0 bridgehead atoms. The molecule has 0 aliphatic carbocycles. The summed E-state index contributed by atoms with van der Waals surface area (Å²) in [6.45, 7) is 8.90. The molecule has 0 atom stereocenters. The molecule has 1 aromatic rings. The number of hydrogen-bond acceptors (Lipinski definition) is 5. The van der Waals surface area contributed by atoms with Crippen molar-refractivity contribution in [3.63, 3.8) is 0 Å². The van der Waals surface area contributed by atoms with E-state index in [1.54, 1.807) is 18.3 Å². The number of oxazole rings is 1. The first-order chi connectivity index (χ1) is 10.3. The maximum Gasteiger partial charge on any atom is 0.234 e. The van der Waals surface area contributed by atoms with E-state index in [2.05, 4.69) is 18.8 Å². The van der Waals surface area contributed by atoms with Crippen molar-refractivity contribution < 1.29 is 19.1 Å². The van der Waals surface area contributed by atoms with Gasteiger partial charge in [0.2, 0.25) is 5.91 Å². The Labute approximate surface area is 132 Å². The highest BCUT2D eigenvalue weighted by molar-refractivity contribution is 5.86. The quantitative estimate of drug-likeness (QED) is 0.750. The smallest absolute Gasteiger partial charge is 0.234 e. The molecule has 6 nitrogen and oxygen atoms in total. The standard InChI is InChI=1S/C16H28N2O4/c1-12(2)10-14-17-13(11-22-14)16(3,4)15(20)18(6-8-19)7-9-21-5/h11-12,19H,6-10H2,1-5H3. The van der Waals surface area contributed by atoms with E-state index in [0.29, 0.717) is 30.7 Å². The lowest BCUT2D eigenvalue weighted by molar-refractivity contribution is -0.137. The molecule has 0 saturated carbocycles. The molecule has 1 rings (SSSR count). The van der Waals surface area contributed by atoms with Crippen LogP contribution in [0.15, 0.2) is 10.7 Å². The highest BCUT2D eigenvalue weighted by atomic mass is 16.5. The maximum atomic E-state index is 12.8. The van der Waals surface area contributed by atoms with Gasteiger partial charge in [-0.05, 0) is 19.8 Å². The van der Waals surface area contributed by atoms with Crippen molar-refractivity contribution in [2.75, 3.05) is 33.4 Å². The predicted octanol–water partition coefficient (Wildman–Crippen LogP) is 1.62. The molecule has 1 aromatic heterocycles. The molecule has 0 spiro atoms. The highest BCUT2D eigenvalue weighted by Crippen LogP contribution is 2.25. The zero-order valence-corrected chi connectivity index (χ0v) is 14.3. The van der Waals surface area contributed by atoms with E-state index in [1.165, 1.54) is 0 Å². The molecule has 1 heterocycles. The van der Waals surface area contributed by atoms with Crippen molar-refractivity contribution in [3.8, 4) is 0 Å². The Morgan fingerprint density at radius 1 is 1.45 bits per heavy atom. The summed E-state index contributed by atoms with van der Waals surface area (Å²) in [6, 6.07) is 0. The third-order valence-corrected chi connectivity index (χ3v) is 3.53. The Kier molecular flexibility index (Phi) is 7.03. The lowest BCUT2D eigenvalue weighted by Gasteiger charge is -2.30. The van der Waals surface area contributed by atoms with Crippen LogP contribution in [0.2, 0.25) is 0 Å². The van der Waals surface area contributed by atoms with Gasteiger partial charge in [0, 0.05) is 26.6 Å². The number of carbonyl (C=O) groups is 1. The minimum Gasteiger partial charge on any atom is -0.449 e. The molecule has 0 unspecified atom stereocenters. The molecule has 1 N–H and O–H groups in total. The van der Waals surface area contributed by atoms with Crippen molar-refractivity contribution in [2.45, 2.75) is 39.5 Å². The van der Waals surface area contributed by atoms with E-state index < -0.39 is 5.41 Å². The number of nitrogens with zero attached hydrogens (tertiary/aromatic N) is 2. The predicted molar refractivity (Wildman–Crippen MR) is 83.6 cm³/mol. The molecule has 6 heteroatoms. The molecule has 0 aromatic carbocycles. The second-order valence-corrected chi connectivity index (χ2v) is 6.36. The third kappa shape index (κ3) is 4.81. The first-order valence-electron chi connectivity index (χ1n) is 7.67. The minimum absolute atomic E-state index is 0.0804. The van der Waals surface area contributed by atoms with Gasteiger partial charge in [-0.2, -0.15) is 0 Å². The van der Waals surface area contributed by atoms with Gasteiger partial charge < -0.3 is 19.2 Å². The maximum absolute atomic E-state index is 12.8. The van der Waals surface area contributed by atoms with Gasteiger partial charge in [0.05, 0.1) is 24.3 Å². The van der Waals surface area contributed by atoms with Gasteiger partial charge in [0.15, 0.2) is 5.89 Å². The summed E-state index contributed by atoms with van der Waals surface area (Å²) in [5.41, 5.74) is -0.185. The molecule has 0 aliphatic heterocycles. The van der Waals surface area contributed by atoms with Crippen LogP contribution in [0.1, 0.15) is 39.3 Å². The molecule has 0 fully saturated rings. The van der Waals surface area contributed by atoms with E-state index in [9.17, 15) is 4.79 Å². The Hall–Kier alpha value is -1.40. The number of methoxy groups -OCH3 is 1. The number of aliphatic hydroxyl groups is 1. The van der Waals surface area contributed by atoms with Crippen LogP contribution in [0.4, 0.5) is 0 Å². The van der Waals surface area contributed by atoms with E-state index in [1.807, 2.05) is 13.8 Å². The second kappa shape index (κ2) is 8.29. The fourth-order valence-corrected chi connectivity index (χ4v) is 2.18. The molecule has 126 valence electrons. The van der Waals surface area contributed by atoms with Crippen molar-refractivity contribution in [3.05, 3.63) is 17.8 Å². The van der Waals surface area contributed by atoms with Crippen LogP contribution in [0.3, 0.4) is 0 Å². The van der Waals surface area contributed by atoms with Crippen molar-refractivity contribution in [1.82, 2.24) is 9.88 Å². The van der Waals surface area contributed by atoms with Crippen LogP contribution < -0.4 is 0 Å². The van der Waals surface area contributed by atoms with Gasteiger partial charge in [-0.3, -0.25) is 4.79 Å². The Balaban J connectivity index is 2.89. The molecule has 0 saturated heterocycles. The number of hydrogen-bond donors (Lipinski definition) is 1. The summed E-state index contributed by atoms with van der Waals surface area (Å²) in [4.78, 5) is 18.8. The normalized spacial score (nSPS) is 12.0. The van der Waals surface area contributed by atoms with Crippen LogP contribution >= 0.6 is 0 Å². The number of carbonyl (C=O) groups excluding carboxylic acids is 1. The summed E-state index contributed by atoms with van der Waals surface area (Å²) in [7, 11) is 1.59. The first-order valence-corrected chi connectivity index (χ1v) is 7.67. The average Bonchev–Trinajstić information content (AvgIpc) is 2.91. The summed E-state index contributed by atoms with van der Waals surface area (Å²) >= 11 is 0. The number of aliphatic hydroxyl groups excluding tert-OH is 1. The largest absolute Gasteiger partial charge is 0.449 e. The Morgan fingerprint density at radius 2 is 2.14 bits per heavy atom. The monoisotopic (exact) mass is 312 g/mol. The van der Waals surface area contributed by atoms with E-state index in [-0.39, 0.29) is 19.1 Å².